The molecule has 0 heterocycles. The van der Waals surface area contributed by atoms with Gasteiger partial charge in [-0.25, -0.2) is 0 Å². The Hall–Kier alpha value is -0.480. The lowest BCUT2D eigenvalue weighted by Crippen LogP contribution is -2.15. The maximum absolute atomic E-state index is 3.29. The average molecular weight is 167 g/mol. The molecule has 0 rings (SSSR count). The summed E-state index contributed by atoms with van der Waals surface area (Å²) in [5, 5.41) is 3.29. The maximum Gasteiger partial charge on any atom is 0.0576 e. The molecule has 0 saturated carbocycles. The van der Waals surface area contributed by atoms with Crippen LogP contribution in [0.2, 0.25) is 0 Å². The zero-order valence-electron chi connectivity index (χ0n) is 8.45. The summed E-state index contributed by atoms with van der Waals surface area (Å²) in [4.78, 5) is 0. The van der Waals surface area contributed by atoms with E-state index >= 15 is 0 Å². The van der Waals surface area contributed by atoms with E-state index in [0.717, 1.165) is 13.1 Å². The van der Waals surface area contributed by atoms with E-state index in [1.54, 1.807) is 0 Å². The van der Waals surface area contributed by atoms with Crippen LogP contribution in [0.1, 0.15) is 46.0 Å². The van der Waals surface area contributed by atoms with E-state index in [4.69, 9.17) is 0 Å². The number of rotatable bonds is 7. The number of hydrogen-bond acceptors (Lipinski definition) is 1. The molecular weight excluding hydrogens is 146 g/mol. The molecule has 0 spiro atoms. The van der Waals surface area contributed by atoms with E-state index in [1.807, 2.05) is 6.92 Å². The Balaban J connectivity index is 2.84. The number of hydrogen-bond donors (Lipinski definition) is 1. The normalized spacial score (nSPS) is 9.17. The van der Waals surface area contributed by atoms with E-state index in [0.29, 0.717) is 0 Å². The van der Waals surface area contributed by atoms with Crippen LogP contribution in [0.5, 0.6) is 0 Å². The Morgan fingerprint density at radius 3 is 2.50 bits per heavy atom. The second-order valence-corrected chi connectivity index (χ2v) is 3.02. The average Bonchev–Trinajstić information content (AvgIpc) is 2.10. The summed E-state index contributed by atoms with van der Waals surface area (Å²) in [5.41, 5.74) is 0. The molecule has 0 amide bonds. The highest BCUT2D eigenvalue weighted by atomic mass is 14.8. The lowest BCUT2D eigenvalue weighted by molar-refractivity contribution is 0.602. The molecule has 0 saturated heterocycles. The fourth-order valence-corrected chi connectivity index (χ4v) is 1.09. The Morgan fingerprint density at radius 1 is 1.08 bits per heavy atom. The van der Waals surface area contributed by atoms with Gasteiger partial charge in [-0.1, -0.05) is 38.5 Å². The predicted molar refractivity (Wildman–Crippen MR) is 55.1 cm³/mol. The third kappa shape index (κ3) is 9.52. The summed E-state index contributed by atoms with van der Waals surface area (Å²) >= 11 is 0. The first-order valence-corrected chi connectivity index (χ1v) is 5.02. The van der Waals surface area contributed by atoms with Crippen LogP contribution in [-0.4, -0.2) is 13.1 Å². The van der Waals surface area contributed by atoms with Crippen LogP contribution in [0.4, 0.5) is 0 Å². The minimum Gasteiger partial charge on any atom is -0.306 e. The van der Waals surface area contributed by atoms with Crippen molar-refractivity contribution < 1.29 is 0 Å². The number of unbranched alkanes of at least 4 members (excludes halogenated alkanes) is 4. The van der Waals surface area contributed by atoms with Crippen molar-refractivity contribution in [2.45, 2.75) is 46.0 Å². The standard InChI is InChI=1S/C11H21N/c1-3-5-7-8-9-11-12-10-6-4-2/h12H,3,5,7-11H2,1-2H3. The maximum atomic E-state index is 3.29. The molecule has 1 N–H and O–H groups in total. The predicted octanol–water partition coefficient (Wildman–Crippen LogP) is 2.57. The van der Waals surface area contributed by atoms with Gasteiger partial charge in [0.25, 0.3) is 0 Å². The quantitative estimate of drug-likeness (QED) is 0.454. The van der Waals surface area contributed by atoms with Crippen LogP contribution in [0.3, 0.4) is 0 Å². The van der Waals surface area contributed by atoms with E-state index in [2.05, 4.69) is 24.1 Å². The molecule has 0 aromatic carbocycles. The Morgan fingerprint density at radius 2 is 1.83 bits per heavy atom. The van der Waals surface area contributed by atoms with Gasteiger partial charge in [0, 0.05) is 0 Å². The molecule has 0 aliphatic carbocycles. The lowest BCUT2D eigenvalue weighted by Gasteiger charge is -1.99. The zero-order valence-corrected chi connectivity index (χ0v) is 8.45. The smallest absolute Gasteiger partial charge is 0.0576 e. The van der Waals surface area contributed by atoms with Crippen molar-refractivity contribution in [3.8, 4) is 11.8 Å². The van der Waals surface area contributed by atoms with E-state index in [9.17, 15) is 0 Å². The van der Waals surface area contributed by atoms with Gasteiger partial charge in [-0.2, -0.15) is 0 Å². The second kappa shape index (κ2) is 10.5. The van der Waals surface area contributed by atoms with E-state index < -0.39 is 0 Å². The first-order valence-electron chi connectivity index (χ1n) is 5.02. The second-order valence-electron chi connectivity index (χ2n) is 3.02. The summed E-state index contributed by atoms with van der Waals surface area (Å²) in [7, 11) is 0. The van der Waals surface area contributed by atoms with Gasteiger partial charge in [0.2, 0.25) is 0 Å². The molecule has 0 bridgehead atoms. The molecule has 0 aliphatic heterocycles. The summed E-state index contributed by atoms with van der Waals surface area (Å²) < 4.78 is 0. The van der Waals surface area contributed by atoms with Crippen molar-refractivity contribution in [3.05, 3.63) is 0 Å². The van der Waals surface area contributed by atoms with Crippen LogP contribution in [0.25, 0.3) is 0 Å². The van der Waals surface area contributed by atoms with Crippen LogP contribution < -0.4 is 5.32 Å². The summed E-state index contributed by atoms with van der Waals surface area (Å²) in [6.45, 7) is 6.10. The van der Waals surface area contributed by atoms with Crippen molar-refractivity contribution in [2.75, 3.05) is 13.1 Å². The van der Waals surface area contributed by atoms with Gasteiger partial charge < -0.3 is 5.32 Å². The van der Waals surface area contributed by atoms with Crippen LogP contribution in [-0.2, 0) is 0 Å². The molecule has 0 fully saturated rings. The van der Waals surface area contributed by atoms with E-state index in [-0.39, 0.29) is 0 Å². The zero-order chi connectivity index (χ0) is 9.07. The Labute approximate surface area is 76.9 Å². The summed E-state index contributed by atoms with van der Waals surface area (Å²) in [5.74, 6) is 5.86. The van der Waals surface area contributed by atoms with Crippen LogP contribution in [0, 0.1) is 11.8 Å². The van der Waals surface area contributed by atoms with Gasteiger partial charge >= 0.3 is 0 Å². The van der Waals surface area contributed by atoms with E-state index in [1.165, 1.54) is 32.1 Å². The van der Waals surface area contributed by atoms with Crippen molar-refractivity contribution in [3.63, 3.8) is 0 Å². The molecule has 70 valence electrons. The monoisotopic (exact) mass is 167 g/mol. The summed E-state index contributed by atoms with van der Waals surface area (Å²) in [6.07, 6.45) is 6.76. The number of nitrogens with one attached hydrogen (secondary N) is 1. The largest absolute Gasteiger partial charge is 0.306 e. The molecule has 12 heavy (non-hydrogen) atoms. The molecule has 0 aromatic rings. The highest BCUT2D eigenvalue weighted by Gasteiger charge is 1.87. The van der Waals surface area contributed by atoms with Crippen molar-refractivity contribution in [1.82, 2.24) is 5.32 Å². The van der Waals surface area contributed by atoms with Gasteiger partial charge in [-0.15, -0.1) is 5.92 Å². The minimum atomic E-state index is 0.851. The van der Waals surface area contributed by atoms with Crippen molar-refractivity contribution in [1.29, 1.82) is 0 Å². The first-order chi connectivity index (χ1) is 5.91. The fourth-order valence-electron chi connectivity index (χ4n) is 1.09. The van der Waals surface area contributed by atoms with Gasteiger partial charge in [-0.3, -0.25) is 0 Å². The Kier molecular flexibility index (Phi) is 10.1. The Bertz CT molecular complexity index is 130. The first kappa shape index (κ1) is 11.5. The van der Waals surface area contributed by atoms with Gasteiger partial charge in [-0.05, 0) is 19.9 Å². The molecule has 0 aliphatic rings. The molecule has 0 aromatic heterocycles. The molecule has 1 heteroatoms. The van der Waals surface area contributed by atoms with Crippen LogP contribution >= 0.6 is 0 Å². The van der Waals surface area contributed by atoms with Crippen molar-refractivity contribution >= 4 is 0 Å². The molecular formula is C11H21N. The lowest BCUT2D eigenvalue weighted by atomic mass is 10.1. The fraction of sp³-hybridized carbons (Fsp3) is 0.818. The van der Waals surface area contributed by atoms with Gasteiger partial charge in [0.1, 0.15) is 0 Å². The third-order valence-electron chi connectivity index (χ3n) is 1.85. The summed E-state index contributed by atoms with van der Waals surface area (Å²) in [6, 6.07) is 0. The minimum absolute atomic E-state index is 0.851. The van der Waals surface area contributed by atoms with Crippen LogP contribution in [0.15, 0.2) is 0 Å². The molecule has 0 unspecified atom stereocenters. The molecule has 0 radical (unpaired) electrons. The molecule has 1 nitrogen and oxygen atoms in total. The highest BCUT2D eigenvalue weighted by molar-refractivity contribution is 4.96. The highest BCUT2D eigenvalue weighted by Crippen LogP contribution is 2.00. The molecule has 0 atom stereocenters. The third-order valence-corrected chi connectivity index (χ3v) is 1.85. The van der Waals surface area contributed by atoms with Gasteiger partial charge in [0.15, 0.2) is 0 Å². The van der Waals surface area contributed by atoms with Gasteiger partial charge in [0.05, 0.1) is 6.54 Å². The SMILES string of the molecule is CC#CCNCCCCCCC. The van der Waals surface area contributed by atoms with Crippen molar-refractivity contribution in [2.24, 2.45) is 0 Å². The topological polar surface area (TPSA) is 12.0 Å².